The molecule has 0 bridgehead atoms. The summed E-state index contributed by atoms with van der Waals surface area (Å²) in [5.74, 6) is 1.05. The highest BCUT2D eigenvalue weighted by molar-refractivity contribution is 5.99. The maximum atomic E-state index is 12.4. The molecule has 10 nitrogen and oxygen atoms in total. The number of nitrogens with zero attached hydrogens (tertiary/aromatic N) is 4. The molecule has 4 N–H and O–H groups in total. The summed E-state index contributed by atoms with van der Waals surface area (Å²) in [4.78, 5) is 35.4. The van der Waals surface area contributed by atoms with Crippen molar-refractivity contribution in [1.29, 1.82) is 0 Å². The van der Waals surface area contributed by atoms with Gasteiger partial charge in [0.1, 0.15) is 18.0 Å². The Balaban J connectivity index is 1.29. The third kappa shape index (κ3) is 7.28. The van der Waals surface area contributed by atoms with Crippen molar-refractivity contribution in [3.8, 4) is 0 Å². The van der Waals surface area contributed by atoms with Crippen LogP contribution < -0.4 is 16.0 Å². The predicted octanol–water partition coefficient (Wildman–Crippen LogP) is 4.06. The summed E-state index contributed by atoms with van der Waals surface area (Å²) >= 11 is 0. The van der Waals surface area contributed by atoms with Crippen molar-refractivity contribution in [2.75, 3.05) is 48.7 Å². The second-order valence-electron chi connectivity index (χ2n) is 8.45. The summed E-state index contributed by atoms with van der Waals surface area (Å²) in [6.45, 7) is 4.88. The number of carboxylic acid groups (broad SMARTS) is 1. The summed E-state index contributed by atoms with van der Waals surface area (Å²) in [5, 5.41) is 18.4. The molecule has 0 radical (unpaired) electrons. The molecule has 0 unspecified atom stereocenters. The smallest absolute Gasteiger partial charge is 0.407 e. The number of anilines is 5. The molecule has 0 atom stereocenters. The Morgan fingerprint density at radius 2 is 1.56 bits per heavy atom. The SMILES string of the molecule is Cc1cccc(Nc2cc(Nc3cccc(NC(=O)C=CCN4CCN(C(=O)O)CC4)c3)ncn2)c1. The lowest BCUT2D eigenvalue weighted by molar-refractivity contribution is -0.111. The predicted molar refractivity (Wildman–Crippen MR) is 140 cm³/mol. The first-order chi connectivity index (χ1) is 17.4. The van der Waals surface area contributed by atoms with Gasteiger partial charge in [0.05, 0.1) is 0 Å². The van der Waals surface area contributed by atoms with Gasteiger partial charge in [0.25, 0.3) is 0 Å². The molecule has 36 heavy (non-hydrogen) atoms. The third-order valence-electron chi connectivity index (χ3n) is 5.64. The fourth-order valence-electron chi connectivity index (χ4n) is 3.80. The van der Waals surface area contributed by atoms with Crippen LogP contribution in [0.4, 0.5) is 33.5 Å². The van der Waals surface area contributed by atoms with Crippen LogP contribution in [0.15, 0.2) is 73.1 Å². The van der Waals surface area contributed by atoms with Gasteiger partial charge in [0.15, 0.2) is 0 Å². The van der Waals surface area contributed by atoms with E-state index in [0.717, 1.165) is 16.9 Å². The van der Waals surface area contributed by atoms with Gasteiger partial charge in [-0.05, 0) is 42.8 Å². The molecule has 0 spiro atoms. The largest absolute Gasteiger partial charge is 0.465 e. The van der Waals surface area contributed by atoms with E-state index in [2.05, 4.69) is 30.8 Å². The summed E-state index contributed by atoms with van der Waals surface area (Å²) < 4.78 is 0. The molecule has 0 saturated carbocycles. The Kier molecular flexibility index (Phi) is 8.09. The van der Waals surface area contributed by atoms with E-state index < -0.39 is 6.09 Å². The van der Waals surface area contributed by atoms with Gasteiger partial charge in [-0.3, -0.25) is 9.69 Å². The number of benzene rings is 2. The van der Waals surface area contributed by atoms with Gasteiger partial charge in [0, 0.05) is 61.9 Å². The highest BCUT2D eigenvalue weighted by Crippen LogP contribution is 2.22. The van der Waals surface area contributed by atoms with Crippen LogP contribution in [0.25, 0.3) is 0 Å². The first-order valence-corrected chi connectivity index (χ1v) is 11.7. The van der Waals surface area contributed by atoms with E-state index in [4.69, 9.17) is 5.11 Å². The Bertz CT molecular complexity index is 1240. The first-order valence-electron chi connectivity index (χ1n) is 11.7. The van der Waals surface area contributed by atoms with E-state index in [1.54, 1.807) is 6.08 Å². The molecule has 2 amide bonds. The van der Waals surface area contributed by atoms with Crippen LogP contribution in [-0.2, 0) is 4.79 Å². The quantitative estimate of drug-likeness (QED) is 0.351. The monoisotopic (exact) mass is 487 g/mol. The lowest BCUT2D eigenvalue weighted by Crippen LogP contribution is -2.48. The Morgan fingerprint density at radius 3 is 2.22 bits per heavy atom. The van der Waals surface area contributed by atoms with Crippen LogP contribution in [0.5, 0.6) is 0 Å². The molecule has 2 aromatic carbocycles. The number of nitrogens with one attached hydrogen (secondary N) is 3. The normalized spacial score (nSPS) is 14.0. The van der Waals surface area contributed by atoms with Crippen LogP contribution in [0, 0.1) is 6.92 Å². The number of aryl methyl sites for hydroxylation is 1. The molecule has 1 aliphatic rings. The van der Waals surface area contributed by atoms with Crippen molar-refractivity contribution in [2.45, 2.75) is 6.92 Å². The van der Waals surface area contributed by atoms with Gasteiger partial charge in [-0.25, -0.2) is 14.8 Å². The summed E-state index contributed by atoms with van der Waals surface area (Å²) in [7, 11) is 0. The second kappa shape index (κ2) is 11.8. The van der Waals surface area contributed by atoms with E-state index in [1.807, 2.05) is 61.5 Å². The molecule has 1 fully saturated rings. The molecule has 10 heteroatoms. The zero-order valence-electron chi connectivity index (χ0n) is 20.0. The average Bonchev–Trinajstić information content (AvgIpc) is 2.85. The fourth-order valence-corrected chi connectivity index (χ4v) is 3.80. The first kappa shape index (κ1) is 24.7. The molecule has 186 valence electrons. The maximum absolute atomic E-state index is 12.4. The number of amides is 2. The molecule has 1 aliphatic heterocycles. The zero-order chi connectivity index (χ0) is 25.3. The van der Waals surface area contributed by atoms with E-state index >= 15 is 0 Å². The van der Waals surface area contributed by atoms with Crippen LogP contribution in [-0.4, -0.2) is 69.6 Å². The molecule has 0 aliphatic carbocycles. The van der Waals surface area contributed by atoms with E-state index in [-0.39, 0.29) is 5.91 Å². The van der Waals surface area contributed by atoms with E-state index in [1.165, 1.54) is 17.3 Å². The molecule has 1 aromatic heterocycles. The summed E-state index contributed by atoms with van der Waals surface area (Å²) in [6.07, 6.45) is 3.88. The number of carbonyl (C=O) groups excluding carboxylic acids is 1. The Labute approximate surface area is 209 Å². The number of hydrogen-bond acceptors (Lipinski definition) is 7. The van der Waals surface area contributed by atoms with Gasteiger partial charge in [0.2, 0.25) is 5.91 Å². The standard InChI is InChI=1S/C26H29N7O3/c1-19-5-2-6-20(15-19)29-23-17-24(28-18-27-23)30-21-7-3-8-22(16-21)31-25(34)9-4-10-32-11-13-33(14-12-32)26(35)36/h2-9,15-18H,10-14H2,1H3,(H,31,34)(H,35,36)(H2,27,28,29,30). The molecule has 2 heterocycles. The Hall–Kier alpha value is -4.44. The van der Waals surface area contributed by atoms with Crippen LogP contribution in [0.3, 0.4) is 0 Å². The lowest BCUT2D eigenvalue weighted by atomic mass is 10.2. The van der Waals surface area contributed by atoms with Gasteiger partial charge < -0.3 is 26.0 Å². The molecule has 4 rings (SSSR count). The maximum Gasteiger partial charge on any atom is 0.407 e. The third-order valence-corrected chi connectivity index (χ3v) is 5.64. The number of aromatic nitrogens is 2. The number of carbonyl (C=O) groups is 2. The lowest BCUT2D eigenvalue weighted by Gasteiger charge is -2.32. The van der Waals surface area contributed by atoms with Crippen molar-refractivity contribution in [1.82, 2.24) is 19.8 Å². The average molecular weight is 488 g/mol. The minimum Gasteiger partial charge on any atom is -0.465 e. The summed E-state index contributed by atoms with van der Waals surface area (Å²) in [6, 6.07) is 17.2. The fraction of sp³-hybridized carbons (Fsp3) is 0.231. The van der Waals surface area contributed by atoms with Gasteiger partial charge in [-0.15, -0.1) is 0 Å². The molecule has 1 saturated heterocycles. The van der Waals surface area contributed by atoms with Crippen molar-refractivity contribution in [2.24, 2.45) is 0 Å². The van der Waals surface area contributed by atoms with Crippen molar-refractivity contribution < 1.29 is 14.7 Å². The van der Waals surface area contributed by atoms with Crippen molar-refractivity contribution in [3.05, 3.63) is 78.6 Å². The van der Waals surface area contributed by atoms with Crippen LogP contribution >= 0.6 is 0 Å². The minimum atomic E-state index is -0.889. The molecule has 3 aromatic rings. The highest BCUT2D eigenvalue weighted by atomic mass is 16.4. The molecular formula is C26H29N7O3. The topological polar surface area (TPSA) is 123 Å². The highest BCUT2D eigenvalue weighted by Gasteiger charge is 2.19. The zero-order valence-corrected chi connectivity index (χ0v) is 20.0. The van der Waals surface area contributed by atoms with E-state index in [0.29, 0.717) is 50.0 Å². The molecular weight excluding hydrogens is 458 g/mol. The number of hydrogen-bond donors (Lipinski definition) is 4. The van der Waals surface area contributed by atoms with Crippen LogP contribution in [0.1, 0.15) is 5.56 Å². The number of rotatable bonds is 8. The van der Waals surface area contributed by atoms with E-state index in [9.17, 15) is 9.59 Å². The van der Waals surface area contributed by atoms with Gasteiger partial charge in [-0.1, -0.05) is 24.3 Å². The summed E-state index contributed by atoms with van der Waals surface area (Å²) in [5.41, 5.74) is 3.52. The van der Waals surface area contributed by atoms with Crippen LogP contribution in [0.2, 0.25) is 0 Å². The van der Waals surface area contributed by atoms with Gasteiger partial charge >= 0.3 is 6.09 Å². The van der Waals surface area contributed by atoms with Gasteiger partial charge in [-0.2, -0.15) is 0 Å². The van der Waals surface area contributed by atoms with Crippen molar-refractivity contribution in [3.63, 3.8) is 0 Å². The second-order valence-corrected chi connectivity index (χ2v) is 8.45. The number of piperazine rings is 1. The van der Waals surface area contributed by atoms with Crippen molar-refractivity contribution >= 4 is 40.7 Å². The minimum absolute atomic E-state index is 0.233. The Morgan fingerprint density at radius 1 is 0.917 bits per heavy atom.